The summed E-state index contributed by atoms with van der Waals surface area (Å²) in [7, 11) is 0. The summed E-state index contributed by atoms with van der Waals surface area (Å²) < 4.78 is 5.40. The van der Waals surface area contributed by atoms with Crippen LogP contribution in [0.2, 0.25) is 0 Å². The lowest BCUT2D eigenvalue weighted by atomic mass is 10.2. The van der Waals surface area contributed by atoms with Crippen molar-refractivity contribution in [1.29, 1.82) is 0 Å². The number of anilines is 1. The molecular formula is C18H28N4O. The molecule has 2 aliphatic rings. The van der Waals surface area contributed by atoms with E-state index in [0.29, 0.717) is 6.54 Å². The number of guanidine groups is 1. The Bertz CT molecular complexity index is 504. The fourth-order valence-corrected chi connectivity index (χ4v) is 2.71. The number of hydrogen-bond donors (Lipinski definition) is 2. The van der Waals surface area contributed by atoms with Crippen molar-refractivity contribution in [3.05, 3.63) is 29.8 Å². The highest BCUT2D eigenvalue weighted by molar-refractivity contribution is 5.79. The standard InChI is InChI=1S/C18H28N4O/c1-2-19-18(20-13-15-3-4-15)21-14-16-5-7-17(8-6-16)22-9-11-23-12-10-22/h5-8,15H,2-4,9-14H2,1H3,(H2,19,20,21). The Labute approximate surface area is 139 Å². The van der Waals surface area contributed by atoms with Gasteiger partial charge in [-0.1, -0.05) is 12.1 Å². The molecule has 0 atom stereocenters. The van der Waals surface area contributed by atoms with Crippen molar-refractivity contribution >= 4 is 11.6 Å². The monoisotopic (exact) mass is 316 g/mol. The average molecular weight is 316 g/mol. The van der Waals surface area contributed by atoms with Crippen molar-refractivity contribution in [3.63, 3.8) is 0 Å². The average Bonchev–Trinajstić information content (AvgIpc) is 3.43. The molecule has 1 saturated carbocycles. The molecule has 0 unspecified atom stereocenters. The molecular weight excluding hydrogens is 288 g/mol. The zero-order valence-corrected chi connectivity index (χ0v) is 14.1. The SMILES string of the molecule is CCNC(=NCc1ccc(N2CCOCC2)cc1)NCC1CC1. The van der Waals surface area contributed by atoms with Gasteiger partial charge in [0.15, 0.2) is 5.96 Å². The van der Waals surface area contributed by atoms with Gasteiger partial charge in [0.2, 0.25) is 0 Å². The van der Waals surface area contributed by atoms with Gasteiger partial charge in [-0.2, -0.15) is 0 Å². The Balaban J connectivity index is 1.53. The molecule has 0 spiro atoms. The second-order valence-electron chi connectivity index (χ2n) is 6.29. The number of benzene rings is 1. The molecule has 3 rings (SSSR count). The van der Waals surface area contributed by atoms with Gasteiger partial charge < -0.3 is 20.3 Å². The third-order valence-electron chi connectivity index (χ3n) is 4.33. The summed E-state index contributed by atoms with van der Waals surface area (Å²) in [4.78, 5) is 7.06. The van der Waals surface area contributed by atoms with Gasteiger partial charge in [-0.25, -0.2) is 4.99 Å². The molecule has 0 amide bonds. The van der Waals surface area contributed by atoms with Crippen LogP contribution in [0.4, 0.5) is 5.69 Å². The summed E-state index contributed by atoms with van der Waals surface area (Å²) in [5.41, 5.74) is 2.52. The Morgan fingerprint density at radius 2 is 1.91 bits per heavy atom. The molecule has 2 N–H and O–H groups in total. The molecule has 1 heterocycles. The molecule has 1 aliphatic carbocycles. The van der Waals surface area contributed by atoms with E-state index in [2.05, 4.69) is 51.7 Å². The lowest BCUT2D eigenvalue weighted by Crippen LogP contribution is -2.38. The molecule has 2 fully saturated rings. The fraction of sp³-hybridized carbons (Fsp3) is 0.611. The van der Waals surface area contributed by atoms with Crippen molar-refractivity contribution < 1.29 is 4.74 Å². The summed E-state index contributed by atoms with van der Waals surface area (Å²) in [5, 5.41) is 6.75. The number of ether oxygens (including phenoxy) is 1. The van der Waals surface area contributed by atoms with Crippen LogP contribution >= 0.6 is 0 Å². The Hall–Kier alpha value is -1.75. The van der Waals surface area contributed by atoms with Gasteiger partial charge in [-0.15, -0.1) is 0 Å². The Morgan fingerprint density at radius 3 is 2.57 bits per heavy atom. The van der Waals surface area contributed by atoms with E-state index < -0.39 is 0 Å². The predicted octanol–water partition coefficient (Wildman–Crippen LogP) is 1.99. The van der Waals surface area contributed by atoms with Crippen LogP contribution in [0.25, 0.3) is 0 Å². The van der Waals surface area contributed by atoms with Crippen LogP contribution < -0.4 is 15.5 Å². The van der Waals surface area contributed by atoms with Crippen molar-refractivity contribution in [1.82, 2.24) is 10.6 Å². The molecule has 0 bridgehead atoms. The number of aliphatic imine (C=N–C) groups is 1. The van der Waals surface area contributed by atoms with E-state index in [9.17, 15) is 0 Å². The molecule has 5 heteroatoms. The lowest BCUT2D eigenvalue weighted by molar-refractivity contribution is 0.122. The van der Waals surface area contributed by atoms with Crippen LogP contribution in [0.5, 0.6) is 0 Å². The molecule has 1 aliphatic heterocycles. The smallest absolute Gasteiger partial charge is 0.191 e. The van der Waals surface area contributed by atoms with Gasteiger partial charge in [0.25, 0.3) is 0 Å². The van der Waals surface area contributed by atoms with E-state index in [1.54, 1.807) is 0 Å². The van der Waals surface area contributed by atoms with Crippen LogP contribution in [0.15, 0.2) is 29.3 Å². The van der Waals surface area contributed by atoms with Gasteiger partial charge in [-0.3, -0.25) is 0 Å². The molecule has 1 aromatic carbocycles. The number of nitrogens with one attached hydrogen (secondary N) is 2. The predicted molar refractivity (Wildman–Crippen MR) is 95.0 cm³/mol. The summed E-state index contributed by atoms with van der Waals surface area (Å²) in [5.74, 6) is 1.78. The van der Waals surface area contributed by atoms with E-state index in [1.165, 1.54) is 24.1 Å². The van der Waals surface area contributed by atoms with Crippen molar-refractivity contribution in [3.8, 4) is 0 Å². The first-order valence-electron chi connectivity index (χ1n) is 8.79. The molecule has 1 saturated heterocycles. The maximum absolute atomic E-state index is 5.40. The van der Waals surface area contributed by atoms with Crippen molar-refractivity contribution in [2.24, 2.45) is 10.9 Å². The quantitative estimate of drug-likeness (QED) is 0.622. The molecule has 126 valence electrons. The largest absolute Gasteiger partial charge is 0.378 e. The van der Waals surface area contributed by atoms with E-state index >= 15 is 0 Å². The number of nitrogens with zero attached hydrogens (tertiary/aromatic N) is 2. The Kier molecular flexibility index (Phi) is 5.75. The highest BCUT2D eigenvalue weighted by atomic mass is 16.5. The van der Waals surface area contributed by atoms with E-state index in [1.807, 2.05) is 0 Å². The summed E-state index contributed by atoms with van der Waals surface area (Å²) in [6, 6.07) is 8.75. The van der Waals surface area contributed by atoms with Crippen LogP contribution in [0.3, 0.4) is 0 Å². The second-order valence-corrected chi connectivity index (χ2v) is 6.29. The second kappa shape index (κ2) is 8.20. The number of rotatable bonds is 6. The topological polar surface area (TPSA) is 48.9 Å². The van der Waals surface area contributed by atoms with Gasteiger partial charge in [0.05, 0.1) is 19.8 Å². The van der Waals surface area contributed by atoms with Crippen LogP contribution in [0, 0.1) is 5.92 Å². The molecule has 5 nitrogen and oxygen atoms in total. The van der Waals surface area contributed by atoms with Crippen molar-refractivity contribution in [2.45, 2.75) is 26.3 Å². The fourth-order valence-electron chi connectivity index (χ4n) is 2.71. The first-order chi connectivity index (χ1) is 11.3. The molecule has 23 heavy (non-hydrogen) atoms. The minimum Gasteiger partial charge on any atom is -0.378 e. The normalized spacial score (nSPS) is 18.8. The van der Waals surface area contributed by atoms with Crippen molar-refractivity contribution in [2.75, 3.05) is 44.3 Å². The van der Waals surface area contributed by atoms with Gasteiger partial charge in [-0.05, 0) is 43.4 Å². The maximum atomic E-state index is 5.40. The zero-order chi connectivity index (χ0) is 15.9. The molecule has 0 radical (unpaired) electrons. The van der Waals surface area contributed by atoms with Gasteiger partial charge in [0.1, 0.15) is 0 Å². The minimum absolute atomic E-state index is 0.712. The zero-order valence-electron chi connectivity index (χ0n) is 14.1. The first kappa shape index (κ1) is 16.1. The van der Waals surface area contributed by atoms with Crippen LogP contribution in [-0.4, -0.2) is 45.4 Å². The minimum atomic E-state index is 0.712. The maximum Gasteiger partial charge on any atom is 0.191 e. The van der Waals surface area contributed by atoms with Gasteiger partial charge in [0, 0.05) is 31.9 Å². The number of morpholine rings is 1. The third kappa shape index (κ3) is 5.13. The third-order valence-corrected chi connectivity index (χ3v) is 4.33. The van der Waals surface area contributed by atoms with E-state index in [-0.39, 0.29) is 0 Å². The van der Waals surface area contributed by atoms with Gasteiger partial charge >= 0.3 is 0 Å². The van der Waals surface area contributed by atoms with Crippen LogP contribution in [-0.2, 0) is 11.3 Å². The summed E-state index contributed by atoms with van der Waals surface area (Å²) in [6.45, 7) is 8.36. The summed E-state index contributed by atoms with van der Waals surface area (Å²) >= 11 is 0. The molecule has 0 aromatic heterocycles. The highest BCUT2D eigenvalue weighted by Gasteiger charge is 2.21. The van der Waals surface area contributed by atoms with E-state index in [4.69, 9.17) is 4.74 Å². The highest BCUT2D eigenvalue weighted by Crippen LogP contribution is 2.27. The lowest BCUT2D eigenvalue weighted by Gasteiger charge is -2.28. The Morgan fingerprint density at radius 1 is 1.17 bits per heavy atom. The van der Waals surface area contributed by atoms with Crippen LogP contribution in [0.1, 0.15) is 25.3 Å². The molecule has 1 aromatic rings. The first-order valence-corrected chi connectivity index (χ1v) is 8.79. The number of hydrogen-bond acceptors (Lipinski definition) is 3. The van der Waals surface area contributed by atoms with E-state index in [0.717, 1.165) is 51.3 Å². The summed E-state index contributed by atoms with van der Waals surface area (Å²) in [6.07, 6.45) is 2.71.